The monoisotopic (exact) mass is 356 g/mol. The van der Waals surface area contributed by atoms with Gasteiger partial charge < -0.3 is 10.0 Å². The molecule has 2 heterocycles. The van der Waals surface area contributed by atoms with Crippen molar-refractivity contribution in [3.05, 3.63) is 34.6 Å². The SMILES string of the molecule is C[C@@H](C(=O)N1CC[C@@]2(O)CCCC[C@H]2C1)n1nnc2ccccc2c1=O. The molecule has 1 saturated heterocycles. The summed E-state index contributed by atoms with van der Waals surface area (Å²) in [6, 6.07) is 6.29. The highest BCUT2D eigenvalue weighted by molar-refractivity contribution is 5.81. The van der Waals surface area contributed by atoms with Gasteiger partial charge in [0, 0.05) is 19.0 Å². The van der Waals surface area contributed by atoms with E-state index in [1.807, 2.05) is 0 Å². The number of piperidine rings is 1. The fraction of sp³-hybridized carbons (Fsp3) is 0.579. The van der Waals surface area contributed by atoms with Crippen molar-refractivity contribution in [2.45, 2.75) is 50.7 Å². The molecule has 0 bridgehead atoms. The number of benzene rings is 1. The lowest BCUT2D eigenvalue weighted by Crippen LogP contribution is -2.55. The number of amides is 1. The summed E-state index contributed by atoms with van der Waals surface area (Å²) in [5.74, 6) is -0.00938. The zero-order valence-electron chi connectivity index (χ0n) is 15.0. The molecule has 2 aromatic rings. The molecule has 2 fully saturated rings. The van der Waals surface area contributed by atoms with E-state index in [0.717, 1.165) is 25.7 Å². The third kappa shape index (κ3) is 2.80. The maximum Gasteiger partial charge on any atom is 0.278 e. The third-order valence-electron chi connectivity index (χ3n) is 6.05. The van der Waals surface area contributed by atoms with Gasteiger partial charge in [0.15, 0.2) is 0 Å². The number of carbonyl (C=O) groups excluding carboxylic acids is 1. The Morgan fingerprint density at radius 1 is 1.31 bits per heavy atom. The van der Waals surface area contributed by atoms with Crippen LogP contribution in [0.15, 0.2) is 29.1 Å². The summed E-state index contributed by atoms with van der Waals surface area (Å²) in [5.41, 5.74) is -0.404. The number of hydrogen-bond donors (Lipinski definition) is 1. The van der Waals surface area contributed by atoms with Crippen molar-refractivity contribution >= 4 is 16.8 Å². The fourth-order valence-electron chi connectivity index (χ4n) is 4.40. The molecule has 3 atom stereocenters. The van der Waals surface area contributed by atoms with E-state index >= 15 is 0 Å². The van der Waals surface area contributed by atoms with Gasteiger partial charge in [-0.3, -0.25) is 9.59 Å². The van der Waals surface area contributed by atoms with Gasteiger partial charge in [-0.1, -0.05) is 30.2 Å². The quantitative estimate of drug-likeness (QED) is 0.881. The minimum absolute atomic E-state index is 0.126. The van der Waals surface area contributed by atoms with Crippen LogP contribution in [0.3, 0.4) is 0 Å². The van der Waals surface area contributed by atoms with Gasteiger partial charge in [-0.05, 0) is 38.3 Å². The third-order valence-corrected chi connectivity index (χ3v) is 6.05. The molecule has 1 saturated carbocycles. The molecule has 1 aromatic carbocycles. The Kier molecular flexibility index (Phi) is 4.26. The second kappa shape index (κ2) is 6.46. The first kappa shape index (κ1) is 17.1. The highest BCUT2D eigenvalue weighted by Crippen LogP contribution is 2.40. The molecule has 1 aliphatic carbocycles. The molecule has 7 heteroatoms. The second-order valence-electron chi connectivity index (χ2n) is 7.61. The maximum absolute atomic E-state index is 13.0. The molecule has 0 radical (unpaired) electrons. The van der Waals surface area contributed by atoms with Crippen LogP contribution in [0.2, 0.25) is 0 Å². The number of nitrogens with zero attached hydrogens (tertiary/aromatic N) is 4. The minimum atomic E-state index is -0.714. The molecule has 2 aliphatic rings. The topological polar surface area (TPSA) is 88.3 Å². The van der Waals surface area contributed by atoms with Gasteiger partial charge in [0.2, 0.25) is 5.91 Å². The van der Waals surface area contributed by atoms with E-state index in [1.165, 1.54) is 4.68 Å². The Hall–Kier alpha value is -2.28. The smallest absolute Gasteiger partial charge is 0.278 e. The van der Waals surface area contributed by atoms with Gasteiger partial charge in [-0.15, -0.1) is 5.10 Å². The number of hydrogen-bond acceptors (Lipinski definition) is 5. The predicted molar refractivity (Wildman–Crippen MR) is 96.6 cm³/mol. The number of aromatic nitrogens is 3. The summed E-state index contributed by atoms with van der Waals surface area (Å²) in [4.78, 5) is 27.4. The largest absolute Gasteiger partial charge is 0.389 e. The molecule has 26 heavy (non-hydrogen) atoms. The molecular weight excluding hydrogens is 332 g/mol. The second-order valence-corrected chi connectivity index (χ2v) is 7.61. The number of fused-ring (bicyclic) bond motifs is 2. The number of carbonyl (C=O) groups is 1. The van der Waals surface area contributed by atoms with E-state index in [9.17, 15) is 14.7 Å². The lowest BCUT2D eigenvalue weighted by atomic mass is 9.71. The van der Waals surface area contributed by atoms with Crippen molar-refractivity contribution < 1.29 is 9.90 Å². The molecule has 138 valence electrons. The molecular formula is C19H24N4O3. The Balaban J connectivity index is 1.57. The van der Waals surface area contributed by atoms with Crippen LogP contribution in [0.25, 0.3) is 10.9 Å². The summed E-state index contributed by atoms with van der Waals surface area (Å²) in [6.07, 6.45) is 4.53. The van der Waals surface area contributed by atoms with Crippen LogP contribution in [-0.2, 0) is 4.79 Å². The molecule has 0 unspecified atom stereocenters. The fourth-order valence-corrected chi connectivity index (χ4v) is 4.40. The molecule has 7 nitrogen and oxygen atoms in total. The minimum Gasteiger partial charge on any atom is -0.389 e. The van der Waals surface area contributed by atoms with Gasteiger partial charge in [-0.25, -0.2) is 0 Å². The number of aliphatic hydroxyl groups is 1. The van der Waals surface area contributed by atoms with Crippen molar-refractivity contribution in [1.82, 2.24) is 19.9 Å². The van der Waals surface area contributed by atoms with Crippen LogP contribution < -0.4 is 5.56 Å². The predicted octanol–water partition coefficient (Wildman–Crippen LogP) is 1.51. The summed E-state index contributed by atoms with van der Waals surface area (Å²) >= 11 is 0. The van der Waals surface area contributed by atoms with Gasteiger partial charge in [0.25, 0.3) is 5.56 Å². The van der Waals surface area contributed by atoms with Gasteiger partial charge in [-0.2, -0.15) is 4.68 Å². The molecule has 1 amide bonds. The first-order valence-electron chi connectivity index (χ1n) is 9.35. The molecule has 1 aromatic heterocycles. The standard InChI is InChI=1S/C19H24N4O3/c1-13(23-18(25)15-7-2-3-8-16(15)20-21-23)17(24)22-11-10-19(26)9-5-4-6-14(19)12-22/h2-3,7-8,13-14,26H,4-6,9-12H2,1H3/t13-,14-,19-/m0/s1. The van der Waals surface area contributed by atoms with E-state index in [4.69, 9.17) is 0 Å². The number of likely N-dealkylation sites (tertiary alicyclic amines) is 1. The van der Waals surface area contributed by atoms with Gasteiger partial charge in [0.1, 0.15) is 11.6 Å². The van der Waals surface area contributed by atoms with Crippen molar-refractivity contribution in [2.24, 2.45) is 5.92 Å². The lowest BCUT2D eigenvalue weighted by Gasteiger charge is -2.47. The molecule has 1 N–H and O–H groups in total. The highest BCUT2D eigenvalue weighted by Gasteiger charge is 2.44. The summed E-state index contributed by atoms with van der Waals surface area (Å²) < 4.78 is 1.17. The molecule has 0 spiro atoms. The van der Waals surface area contributed by atoms with E-state index < -0.39 is 11.6 Å². The average Bonchev–Trinajstić information content (AvgIpc) is 2.66. The zero-order valence-corrected chi connectivity index (χ0v) is 15.0. The van der Waals surface area contributed by atoms with Crippen LogP contribution in [0.1, 0.15) is 45.1 Å². The molecule has 4 rings (SSSR count). The van der Waals surface area contributed by atoms with Crippen molar-refractivity contribution in [2.75, 3.05) is 13.1 Å². The Morgan fingerprint density at radius 3 is 2.96 bits per heavy atom. The summed E-state index contributed by atoms with van der Waals surface area (Å²) in [7, 11) is 0. The maximum atomic E-state index is 13.0. The average molecular weight is 356 g/mol. The van der Waals surface area contributed by atoms with Crippen molar-refractivity contribution in [3.8, 4) is 0 Å². The summed E-state index contributed by atoms with van der Waals surface area (Å²) in [5, 5.41) is 19.3. The van der Waals surface area contributed by atoms with Crippen LogP contribution in [-0.4, -0.2) is 49.6 Å². The van der Waals surface area contributed by atoms with E-state index in [2.05, 4.69) is 10.3 Å². The Morgan fingerprint density at radius 2 is 2.12 bits per heavy atom. The van der Waals surface area contributed by atoms with Crippen molar-refractivity contribution in [3.63, 3.8) is 0 Å². The number of rotatable bonds is 2. The normalized spacial score (nSPS) is 27.2. The van der Waals surface area contributed by atoms with E-state index in [0.29, 0.717) is 30.4 Å². The van der Waals surface area contributed by atoms with Gasteiger partial charge in [0.05, 0.1) is 11.0 Å². The van der Waals surface area contributed by atoms with Crippen LogP contribution in [0.4, 0.5) is 0 Å². The highest BCUT2D eigenvalue weighted by atomic mass is 16.3. The van der Waals surface area contributed by atoms with E-state index in [-0.39, 0.29) is 17.4 Å². The van der Waals surface area contributed by atoms with Gasteiger partial charge >= 0.3 is 0 Å². The first-order valence-corrected chi connectivity index (χ1v) is 9.35. The molecule has 1 aliphatic heterocycles. The van der Waals surface area contributed by atoms with E-state index in [1.54, 1.807) is 36.1 Å². The van der Waals surface area contributed by atoms with Crippen molar-refractivity contribution in [1.29, 1.82) is 0 Å². The Bertz CT molecular complexity index is 896. The lowest BCUT2D eigenvalue weighted by molar-refractivity contribution is -0.146. The summed E-state index contributed by atoms with van der Waals surface area (Å²) in [6.45, 7) is 2.76. The zero-order chi connectivity index (χ0) is 18.3. The van der Waals surface area contributed by atoms with Crippen LogP contribution in [0, 0.1) is 5.92 Å². The van der Waals surface area contributed by atoms with Crippen LogP contribution in [0.5, 0.6) is 0 Å². The van der Waals surface area contributed by atoms with Crippen LogP contribution >= 0.6 is 0 Å². The first-order chi connectivity index (χ1) is 12.5. The Labute approximate surface area is 151 Å².